The maximum atomic E-state index is 11.5. The summed E-state index contributed by atoms with van der Waals surface area (Å²) >= 11 is 0. The van der Waals surface area contributed by atoms with Gasteiger partial charge in [0.05, 0.1) is 6.61 Å². The van der Waals surface area contributed by atoms with Crippen LogP contribution < -0.4 is 16.0 Å². The van der Waals surface area contributed by atoms with E-state index in [-0.39, 0.29) is 11.2 Å². The number of aromatic amines is 1. The van der Waals surface area contributed by atoms with Crippen molar-refractivity contribution in [2.75, 3.05) is 6.61 Å². The van der Waals surface area contributed by atoms with Crippen molar-refractivity contribution in [1.82, 2.24) is 9.55 Å². The monoisotopic (exact) mass is 260 g/mol. The minimum atomic E-state index is -0.379. The van der Waals surface area contributed by atoms with E-state index in [1.54, 1.807) is 13.1 Å². The molecule has 1 aromatic carbocycles. The third-order valence-corrected chi connectivity index (χ3v) is 2.74. The van der Waals surface area contributed by atoms with Crippen LogP contribution in [0.5, 0.6) is 5.75 Å². The van der Waals surface area contributed by atoms with E-state index in [2.05, 4.69) is 4.98 Å². The topological polar surface area (TPSA) is 64.1 Å². The Kier molecular flexibility index (Phi) is 4.18. The van der Waals surface area contributed by atoms with Gasteiger partial charge in [-0.05, 0) is 25.5 Å². The van der Waals surface area contributed by atoms with Gasteiger partial charge in [-0.25, -0.2) is 4.79 Å². The fraction of sp³-hybridized carbons (Fsp3) is 0.286. The van der Waals surface area contributed by atoms with Crippen LogP contribution in [0, 0.1) is 6.92 Å². The Morgan fingerprint density at radius 3 is 2.68 bits per heavy atom. The highest BCUT2D eigenvalue weighted by atomic mass is 16.5. The van der Waals surface area contributed by atoms with Crippen LogP contribution in [0.25, 0.3) is 0 Å². The highest BCUT2D eigenvalue weighted by Gasteiger charge is 2.00. The summed E-state index contributed by atoms with van der Waals surface area (Å²) in [4.78, 5) is 25.0. The molecule has 0 aliphatic heterocycles. The van der Waals surface area contributed by atoms with E-state index in [9.17, 15) is 9.59 Å². The van der Waals surface area contributed by atoms with Crippen LogP contribution in [0.3, 0.4) is 0 Å². The van der Waals surface area contributed by atoms with E-state index in [1.165, 1.54) is 4.57 Å². The van der Waals surface area contributed by atoms with Gasteiger partial charge < -0.3 is 9.30 Å². The number of H-pyrrole nitrogens is 1. The van der Waals surface area contributed by atoms with Gasteiger partial charge >= 0.3 is 5.69 Å². The molecule has 0 aliphatic carbocycles. The number of para-hydroxylation sites is 1. The van der Waals surface area contributed by atoms with Crippen LogP contribution in [0.15, 0.2) is 46.1 Å². The molecule has 2 rings (SSSR count). The lowest BCUT2D eigenvalue weighted by Gasteiger charge is -2.07. The van der Waals surface area contributed by atoms with E-state index < -0.39 is 0 Å². The largest absolute Gasteiger partial charge is 0.494 e. The minimum absolute atomic E-state index is 0.332. The molecule has 1 N–H and O–H groups in total. The highest BCUT2D eigenvalue weighted by molar-refractivity contribution is 5.20. The van der Waals surface area contributed by atoms with Gasteiger partial charge in [0.15, 0.2) is 0 Å². The molecule has 0 amide bonds. The number of nitrogens with one attached hydrogen (secondary N) is 1. The molecule has 1 heterocycles. The van der Waals surface area contributed by atoms with Crippen molar-refractivity contribution in [2.24, 2.45) is 0 Å². The van der Waals surface area contributed by atoms with Crippen molar-refractivity contribution >= 4 is 0 Å². The van der Waals surface area contributed by atoms with Gasteiger partial charge in [-0.2, -0.15) is 0 Å². The third kappa shape index (κ3) is 3.58. The zero-order valence-electron chi connectivity index (χ0n) is 10.8. The van der Waals surface area contributed by atoms with Gasteiger partial charge in [0.1, 0.15) is 5.75 Å². The summed E-state index contributed by atoms with van der Waals surface area (Å²) in [6.45, 7) is 2.72. The van der Waals surface area contributed by atoms with Gasteiger partial charge in [0, 0.05) is 18.3 Å². The summed E-state index contributed by atoms with van der Waals surface area (Å²) < 4.78 is 7.03. The summed E-state index contributed by atoms with van der Waals surface area (Å²) in [6, 6.07) is 9.51. The number of aryl methyl sites for hydroxylation is 2. The first-order chi connectivity index (χ1) is 9.16. The van der Waals surface area contributed by atoms with Gasteiger partial charge in [-0.1, -0.05) is 18.2 Å². The molecule has 0 spiro atoms. The number of rotatable bonds is 5. The van der Waals surface area contributed by atoms with Crippen molar-refractivity contribution in [3.05, 3.63) is 62.9 Å². The molecular formula is C14H16N2O3. The Hall–Kier alpha value is -2.30. The molecule has 5 nitrogen and oxygen atoms in total. The van der Waals surface area contributed by atoms with Crippen LogP contribution in [-0.2, 0) is 6.54 Å². The first-order valence-corrected chi connectivity index (χ1v) is 6.15. The van der Waals surface area contributed by atoms with Crippen molar-refractivity contribution in [3.8, 4) is 5.75 Å². The molecule has 0 unspecified atom stereocenters. The summed E-state index contributed by atoms with van der Waals surface area (Å²) in [5.74, 6) is 0.812. The van der Waals surface area contributed by atoms with Crippen LogP contribution in [-0.4, -0.2) is 16.2 Å². The van der Waals surface area contributed by atoms with Crippen molar-refractivity contribution < 1.29 is 4.74 Å². The third-order valence-electron chi connectivity index (χ3n) is 2.74. The van der Waals surface area contributed by atoms with Crippen molar-refractivity contribution in [3.63, 3.8) is 0 Å². The maximum absolute atomic E-state index is 11.5. The summed E-state index contributed by atoms with van der Waals surface area (Å²) in [6.07, 6.45) is 2.27. The predicted molar refractivity (Wildman–Crippen MR) is 72.6 cm³/mol. The predicted octanol–water partition coefficient (Wildman–Crippen LogP) is 1.31. The fourth-order valence-electron chi connectivity index (χ4n) is 1.73. The molecule has 0 aliphatic rings. The average Bonchev–Trinajstić information content (AvgIpc) is 2.41. The lowest BCUT2D eigenvalue weighted by Crippen LogP contribution is -2.31. The molecule has 0 atom stereocenters. The Bertz CT molecular complexity index is 644. The van der Waals surface area contributed by atoms with E-state index in [0.717, 1.165) is 5.75 Å². The summed E-state index contributed by atoms with van der Waals surface area (Å²) in [5.41, 5.74) is -0.180. The number of aromatic nitrogens is 2. The summed E-state index contributed by atoms with van der Waals surface area (Å²) in [5, 5.41) is 0. The Morgan fingerprint density at radius 2 is 1.95 bits per heavy atom. The normalized spacial score (nSPS) is 10.4. The Labute approximate surface area is 110 Å². The second-order valence-corrected chi connectivity index (χ2v) is 4.28. The average molecular weight is 260 g/mol. The van der Waals surface area contributed by atoms with Crippen molar-refractivity contribution in [2.45, 2.75) is 19.9 Å². The lowest BCUT2D eigenvalue weighted by molar-refractivity contribution is 0.300. The number of nitrogens with zero attached hydrogens (tertiary/aromatic N) is 1. The fourth-order valence-corrected chi connectivity index (χ4v) is 1.73. The molecule has 0 bridgehead atoms. The van der Waals surface area contributed by atoms with Gasteiger partial charge in [-0.3, -0.25) is 9.78 Å². The van der Waals surface area contributed by atoms with Gasteiger partial charge in [0.2, 0.25) is 0 Å². The van der Waals surface area contributed by atoms with Crippen molar-refractivity contribution in [1.29, 1.82) is 0 Å². The molecular weight excluding hydrogens is 244 g/mol. The molecule has 0 saturated carbocycles. The second-order valence-electron chi connectivity index (χ2n) is 4.28. The quantitative estimate of drug-likeness (QED) is 0.824. The Morgan fingerprint density at radius 1 is 1.21 bits per heavy atom. The van der Waals surface area contributed by atoms with E-state index in [1.807, 2.05) is 30.3 Å². The molecule has 0 radical (unpaired) electrons. The van der Waals surface area contributed by atoms with Crippen LogP contribution >= 0.6 is 0 Å². The Balaban J connectivity index is 1.88. The molecule has 0 saturated heterocycles. The molecule has 19 heavy (non-hydrogen) atoms. The first kappa shape index (κ1) is 13.1. The lowest BCUT2D eigenvalue weighted by atomic mass is 10.3. The molecule has 1 aromatic heterocycles. The molecule has 5 heteroatoms. The van der Waals surface area contributed by atoms with E-state index in [0.29, 0.717) is 25.1 Å². The minimum Gasteiger partial charge on any atom is -0.494 e. The van der Waals surface area contributed by atoms with Crippen LogP contribution in [0.4, 0.5) is 0 Å². The summed E-state index contributed by atoms with van der Waals surface area (Å²) in [7, 11) is 0. The van der Waals surface area contributed by atoms with Gasteiger partial charge in [-0.15, -0.1) is 0 Å². The molecule has 0 fully saturated rings. The second kappa shape index (κ2) is 6.04. The highest BCUT2D eigenvalue weighted by Crippen LogP contribution is 2.08. The molecule has 100 valence electrons. The number of hydrogen-bond donors (Lipinski definition) is 1. The van der Waals surface area contributed by atoms with E-state index >= 15 is 0 Å². The zero-order chi connectivity index (χ0) is 13.7. The van der Waals surface area contributed by atoms with E-state index in [4.69, 9.17) is 4.74 Å². The number of benzene rings is 1. The first-order valence-electron chi connectivity index (χ1n) is 6.15. The van der Waals surface area contributed by atoms with Crippen LogP contribution in [0.1, 0.15) is 12.0 Å². The smallest absolute Gasteiger partial charge is 0.328 e. The SMILES string of the molecule is Cc1cn(CCCOc2ccccc2)c(=O)[nH]c1=O. The number of hydrogen-bond acceptors (Lipinski definition) is 3. The van der Waals surface area contributed by atoms with Gasteiger partial charge in [0.25, 0.3) is 5.56 Å². The molecule has 2 aromatic rings. The van der Waals surface area contributed by atoms with Crippen LogP contribution in [0.2, 0.25) is 0 Å². The standard InChI is InChI=1S/C14H16N2O3/c1-11-10-16(14(18)15-13(11)17)8-5-9-19-12-6-3-2-4-7-12/h2-4,6-7,10H,5,8-9H2,1H3,(H,15,17,18). The number of ether oxygens (including phenoxy) is 1. The zero-order valence-corrected chi connectivity index (χ0v) is 10.8. The maximum Gasteiger partial charge on any atom is 0.328 e.